The number of carbonyl (C=O) groups is 1. The van der Waals surface area contributed by atoms with E-state index in [0.29, 0.717) is 18.4 Å². The third-order valence-electron chi connectivity index (χ3n) is 4.86. The van der Waals surface area contributed by atoms with E-state index in [1.165, 1.54) is 30.2 Å². The maximum atomic E-state index is 12.1. The van der Waals surface area contributed by atoms with Crippen molar-refractivity contribution in [3.05, 3.63) is 35.7 Å². The number of nitrogens with one attached hydrogen (secondary N) is 1. The topological polar surface area (TPSA) is 69.0 Å². The smallest absolute Gasteiger partial charge is 0.230 e. The van der Waals surface area contributed by atoms with Crippen molar-refractivity contribution in [3.63, 3.8) is 0 Å². The van der Waals surface area contributed by atoms with Gasteiger partial charge in [0, 0.05) is 12.6 Å². The molecule has 3 rings (SSSR count). The molecule has 1 heterocycles. The maximum absolute atomic E-state index is 12.1. The number of amides is 1. The van der Waals surface area contributed by atoms with Gasteiger partial charge in [0.25, 0.3) is 0 Å². The number of ether oxygens (including phenoxy) is 1. The average molecular weight is 389 g/mol. The van der Waals surface area contributed by atoms with Crippen LogP contribution in [0.2, 0.25) is 0 Å². The van der Waals surface area contributed by atoms with Crippen molar-refractivity contribution in [1.29, 1.82) is 0 Å². The molecule has 1 amide bonds. The van der Waals surface area contributed by atoms with Crippen LogP contribution in [-0.2, 0) is 24.4 Å². The molecule has 7 heteroatoms. The number of carbonyl (C=O) groups excluding carboxylic acids is 1. The van der Waals surface area contributed by atoms with Gasteiger partial charge in [-0.05, 0) is 43.9 Å². The lowest BCUT2D eigenvalue weighted by molar-refractivity contribution is -0.119. The van der Waals surface area contributed by atoms with Gasteiger partial charge in [-0.15, -0.1) is 10.2 Å². The van der Waals surface area contributed by atoms with Crippen molar-refractivity contribution in [2.45, 2.75) is 70.3 Å². The van der Waals surface area contributed by atoms with E-state index in [9.17, 15) is 4.79 Å². The molecule has 1 aliphatic rings. The zero-order valence-electron chi connectivity index (χ0n) is 16.1. The summed E-state index contributed by atoms with van der Waals surface area (Å²) in [7, 11) is 0. The molecule has 0 unspecified atom stereocenters. The molecule has 1 aromatic heterocycles. The van der Waals surface area contributed by atoms with Crippen molar-refractivity contribution in [2.75, 3.05) is 5.75 Å². The van der Waals surface area contributed by atoms with Gasteiger partial charge >= 0.3 is 0 Å². The van der Waals surface area contributed by atoms with E-state index in [1.54, 1.807) is 0 Å². The van der Waals surface area contributed by atoms with Gasteiger partial charge in [-0.3, -0.25) is 4.79 Å². The molecule has 0 saturated heterocycles. The van der Waals surface area contributed by atoms with E-state index in [4.69, 9.17) is 4.74 Å². The van der Waals surface area contributed by atoms with E-state index in [0.717, 1.165) is 42.5 Å². The fraction of sp³-hybridized carbons (Fsp3) is 0.550. The summed E-state index contributed by atoms with van der Waals surface area (Å²) in [6, 6.07) is 8.46. The summed E-state index contributed by atoms with van der Waals surface area (Å²) in [6.07, 6.45) is 5.64. The van der Waals surface area contributed by atoms with Crippen molar-refractivity contribution < 1.29 is 9.53 Å². The Morgan fingerprint density at radius 3 is 2.63 bits per heavy atom. The summed E-state index contributed by atoms with van der Waals surface area (Å²) in [5.74, 6) is 2.04. The Morgan fingerprint density at radius 1 is 1.22 bits per heavy atom. The van der Waals surface area contributed by atoms with E-state index < -0.39 is 0 Å². The average Bonchev–Trinajstić information content (AvgIpc) is 3.34. The van der Waals surface area contributed by atoms with Crippen LogP contribution in [0, 0.1) is 0 Å². The first-order chi connectivity index (χ1) is 13.2. The highest BCUT2D eigenvalue weighted by Crippen LogP contribution is 2.21. The van der Waals surface area contributed by atoms with Gasteiger partial charge in [0.05, 0.1) is 5.75 Å². The van der Waals surface area contributed by atoms with Crippen LogP contribution >= 0.6 is 11.8 Å². The normalized spacial score (nSPS) is 14.4. The van der Waals surface area contributed by atoms with Crippen molar-refractivity contribution >= 4 is 17.7 Å². The zero-order chi connectivity index (χ0) is 19.1. The number of hydrogen-bond donors (Lipinski definition) is 1. The Morgan fingerprint density at radius 2 is 1.96 bits per heavy atom. The predicted molar refractivity (Wildman–Crippen MR) is 107 cm³/mol. The van der Waals surface area contributed by atoms with Crippen LogP contribution in [0.5, 0.6) is 5.75 Å². The lowest BCUT2D eigenvalue weighted by Crippen LogP contribution is -2.33. The molecule has 27 heavy (non-hydrogen) atoms. The van der Waals surface area contributed by atoms with Crippen LogP contribution in [0.3, 0.4) is 0 Å². The van der Waals surface area contributed by atoms with Gasteiger partial charge in [-0.2, -0.15) is 0 Å². The molecule has 0 bridgehead atoms. The Bertz CT molecular complexity index is 739. The third-order valence-corrected chi connectivity index (χ3v) is 5.83. The summed E-state index contributed by atoms with van der Waals surface area (Å²) >= 11 is 1.43. The third kappa shape index (κ3) is 5.48. The summed E-state index contributed by atoms with van der Waals surface area (Å²) in [4.78, 5) is 12.1. The van der Waals surface area contributed by atoms with Crippen LogP contribution in [0.15, 0.2) is 29.4 Å². The minimum absolute atomic E-state index is 0.0753. The van der Waals surface area contributed by atoms with Gasteiger partial charge < -0.3 is 14.6 Å². The van der Waals surface area contributed by atoms with Crippen LogP contribution < -0.4 is 10.1 Å². The number of aryl methyl sites for hydroxylation is 1. The zero-order valence-corrected chi connectivity index (χ0v) is 16.9. The van der Waals surface area contributed by atoms with Crippen LogP contribution in [0.1, 0.15) is 50.9 Å². The number of aromatic nitrogens is 3. The maximum Gasteiger partial charge on any atom is 0.230 e. The number of hydrogen-bond acceptors (Lipinski definition) is 5. The Kier molecular flexibility index (Phi) is 7.15. The molecular weight excluding hydrogens is 360 g/mol. The van der Waals surface area contributed by atoms with E-state index in [2.05, 4.69) is 34.6 Å². The monoisotopic (exact) mass is 388 g/mol. The molecule has 1 fully saturated rings. The molecule has 146 valence electrons. The number of rotatable bonds is 9. The molecule has 0 atom stereocenters. The van der Waals surface area contributed by atoms with Gasteiger partial charge in [0.2, 0.25) is 5.91 Å². The highest BCUT2D eigenvalue weighted by molar-refractivity contribution is 7.99. The summed E-state index contributed by atoms with van der Waals surface area (Å²) in [5.41, 5.74) is 1.29. The van der Waals surface area contributed by atoms with E-state index in [1.807, 2.05) is 23.6 Å². The molecule has 0 aliphatic heterocycles. The molecule has 2 aromatic rings. The van der Waals surface area contributed by atoms with E-state index >= 15 is 0 Å². The molecule has 0 spiro atoms. The first-order valence-corrected chi connectivity index (χ1v) is 10.7. The van der Waals surface area contributed by atoms with Gasteiger partial charge in [-0.1, -0.05) is 43.7 Å². The number of thioether (sulfide) groups is 1. The largest absolute Gasteiger partial charge is 0.486 e. The molecule has 1 aliphatic carbocycles. The number of nitrogens with zero attached hydrogens (tertiary/aromatic N) is 3. The van der Waals surface area contributed by atoms with Gasteiger partial charge in [-0.25, -0.2) is 0 Å². The minimum Gasteiger partial charge on any atom is -0.486 e. The second-order valence-corrected chi connectivity index (χ2v) is 7.71. The fourth-order valence-electron chi connectivity index (χ4n) is 3.29. The highest BCUT2D eigenvalue weighted by Gasteiger charge is 2.18. The molecular formula is C20H28N4O2S. The minimum atomic E-state index is 0.0753. The first-order valence-electron chi connectivity index (χ1n) is 9.75. The highest BCUT2D eigenvalue weighted by atomic mass is 32.2. The molecule has 1 aromatic carbocycles. The molecule has 6 nitrogen and oxygen atoms in total. The second-order valence-electron chi connectivity index (χ2n) is 6.77. The van der Waals surface area contributed by atoms with Crippen LogP contribution in [0.25, 0.3) is 0 Å². The molecule has 1 N–H and O–H groups in total. The Labute approximate surface area is 165 Å². The Balaban J connectivity index is 1.52. The van der Waals surface area contributed by atoms with Gasteiger partial charge in [0.1, 0.15) is 12.4 Å². The summed E-state index contributed by atoms with van der Waals surface area (Å²) < 4.78 is 7.86. The van der Waals surface area contributed by atoms with Crippen molar-refractivity contribution in [2.24, 2.45) is 0 Å². The van der Waals surface area contributed by atoms with Crippen LogP contribution in [0.4, 0.5) is 0 Å². The van der Waals surface area contributed by atoms with E-state index in [-0.39, 0.29) is 5.91 Å². The lowest BCUT2D eigenvalue weighted by atomic mass is 10.2. The predicted octanol–water partition coefficient (Wildman–Crippen LogP) is 3.59. The fourth-order valence-corrected chi connectivity index (χ4v) is 4.12. The van der Waals surface area contributed by atoms with Crippen LogP contribution in [-0.4, -0.2) is 32.5 Å². The summed E-state index contributed by atoms with van der Waals surface area (Å²) in [5, 5.41) is 12.4. The lowest BCUT2D eigenvalue weighted by Gasteiger charge is -2.12. The quantitative estimate of drug-likeness (QED) is 0.665. The molecule has 0 radical (unpaired) electrons. The van der Waals surface area contributed by atoms with Gasteiger partial charge in [0.15, 0.2) is 11.0 Å². The second kappa shape index (κ2) is 9.78. The first kappa shape index (κ1) is 19.7. The summed E-state index contributed by atoms with van der Waals surface area (Å²) in [6.45, 7) is 5.28. The molecule has 1 saturated carbocycles. The Hall–Kier alpha value is -2.02. The standard InChI is InChI=1S/C20H28N4O2S/c1-3-15-9-11-17(12-10-15)26-13-18-22-23-20(24(18)4-2)27-14-19(25)21-16-7-5-6-8-16/h9-12,16H,3-8,13-14H2,1-2H3,(H,21,25). The SMILES string of the molecule is CCc1ccc(OCc2nnc(SCC(=O)NC3CCCC3)n2CC)cc1. The van der Waals surface area contributed by atoms with Crippen molar-refractivity contribution in [1.82, 2.24) is 20.1 Å². The van der Waals surface area contributed by atoms with Crippen molar-refractivity contribution in [3.8, 4) is 5.75 Å². The number of benzene rings is 1.